The van der Waals surface area contributed by atoms with E-state index in [1.807, 2.05) is 0 Å². The lowest BCUT2D eigenvalue weighted by molar-refractivity contribution is 0.641. The lowest BCUT2D eigenvalue weighted by Gasteiger charge is -1.97. The zero-order valence-electron chi connectivity index (χ0n) is 4.80. The highest BCUT2D eigenvalue weighted by Gasteiger charge is 2.51. The highest BCUT2D eigenvalue weighted by atomic mass is 32.1. The molecule has 1 aliphatic carbocycles. The summed E-state index contributed by atoms with van der Waals surface area (Å²) in [4.78, 5) is 0. The molecule has 0 aromatic rings. The van der Waals surface area contributed by atoms with E-state index >= 15 is 0 Å². The Morgan fingerprint density at radius 2 is 2.00 bits per heavy atom. The number of nitrogens with one attached hydrogen (secondary N) is 1. The lowest BCUT2D eigenvalue weighted by atomic mass is 10.3. The molecule has 0 amide bonds. The van der Waals surface area contributed by atoms with Gasteiger partial charge in [0.15, 0.2) is 0 Å². The zero-order valence-corrected chi connectivity index (χ0v) is 5.70. The fraction of sp³-hybridized carbons (Fsp3) is 1.00. The van der Waals surface area contributed by atoms with E-state index in [0.29, 0.717) is 0 Å². The van der Waals surface area contributed by atoms with Crippen LogP contribution in [0.15, 0.2) is 0 Å². The quantitative estimate of drug-likeness (QED) is 0.488. The third-order valence-corrected chi connectivity index (χ3v) is 2.90. The van der Waals surface area contributed by atoms with Gasteiger partial charge in [-0.3, -0.25) is 0 Å². The predicted molar refractivity (Wildman–Crippen MR) is 37.2 cm³/mol. The smallest absolute Gasteiger partial charge is 0.00141 e. The Hall–Kier alpha value is 0.310. The van der Waals surface area contributed by atoms with Crippen molar-refractivity contribution in [2.75, 3.05) is 18.8 Å². The fourth-order valence-corrected chi connectivity index (χ4v) is 2.36. The fourth-order valence-electron chi connectivity index (χ4n) is 1.82. The summed E-state index contributed by atoms with van der Waals surface area (Å²) < 4.78 is 0. The van der Waals surface area contributed by atoms with Gasteiger partial charge in [0.1, 0.15) is 0 Å². The van der Waals surface area contributed by atoms with Crippen molar-refractivity contribution in [2.45, 2.75) is 0 Å². The summed E-state index contributed by atoms with van der Waals surface area (Å²) in [6.45, 7) is 2.52. The predicted octanol–water partition coefficient (Wildman–Crippen LogP) is 0.382. The lowest BCUT2D eigenvalue weighted by Crippen LogP contribution is -2.14. The summed E-state index contributed by atoms with van der Waals surface area (Å²) >= 11 is 4.26. The molecule has 8 heavy (non-hydrogen) atoms. The van der Waals surface area contributed by atoms with E-state index in [-0.39, 0.29) is 0 Å². The van der Waals surface area contributed by atoms with Crippen LogP contribution in [0.2, 0.25) is 0 Å². The molecule has 2 heteroatoms. The van der Waals surface area contributed by atoms with E-state index < -0.39 is 0 Å². The molecule has 2 rings (SSSR count). The van der Waals surface area contributed by atoms with Gasteiger partial charge in [0.05, 0.1) is 0 Å². The zero-order chi connectivity index (χ0) is 5.56. The van der Waals surface area contributed by atoms with Crippen molar-refractivity contribution in [1.82, 2.24) is 5.32 Å². The first kappa shape index (κ1) is 5.12. The average Bonchev–Trinajstić information content (AvgIpc) is 2.22. The largest absolute Gasteiger partial charge is 0.316 e. The summed E-state index contributed by atoms with van der Waals surface area (Å²) in [6.07, 6.45) is 0. The highest BCUT2D eigenvalue weighted by molar-refractivity contribution is 7.80. The minimum Gasteiger partial charge on any atom is -0.316 e. The first-order valence-electron chi connectivity index (χ1n) is 3.25. The molecule has 1 saturated carbocycles. The Labute approximate surface area is 55.3 Å². The summed E-state index contributed by atoms with van der Waals surface area (Å²) in [5.41, 5.74) is 0. The van der Waals surface area contributed by atoms with Crippen molar-refractivity contribution in [2.24, 2.45) is 17.8 Å². The minimum absolute atomic E-state index is 0.972. The van der Waals surface area contributed by atoms with Crippen molar-refractivity contribution in [3.05, 3.63) is 0 Å². The number of hydrogen-bond donors (Lipinski definition) is 2. The second kappa shape index (κ2) is 1.64. The van der Waals surface area contributed by atoms with Crippen molar-refractivity contribution in [3.8, 4) is 0 Å². The van der Waals surface area contributed by atoms with Crippen LogP contribution in [0.5, 0.6) is 0 Å². The molecule has 46 valence electrons. The molecule has 1 N–H and O–H groups in total. The third kappa shape index (κ3) is 0.531. The molecule has 0 radical (unpaired) electrons. The number of rotatable bonds is 1. The maximum Gasteiger partial charge on any atom is -0.00141 e. The standard InChI is InChI=1S/C6H11NS/c8-3-6-4-1-7-2-5(4)6/h4-8H,1-3H2/t4-,5+,6+. The van der Waals surface area contributed by atoms with Crippen LogP contribution in [0.4, 0.5) is 0 Å². The van der Waals surface area contributed by atoms with Gasteiger partial charge in [-0.15, -0.1) is 0 Å². The van der Waals surface area contributed by atoms with Crippen LogP contribution in [0.25, 0.3) is 0 Å². The van der Waals surface area contributed by atoms with Gasteiger partial charge >= 0.3 is 0 Å². The topological polar surface area (TPSA) is 12.0 Å². The second-order valence-corrected chi connectivity index (χ2v) is 3.20. The van der Waals surface area contributed by atoms with Crippen LogP contribution >= 0.6 is 12.6 Å². The number of fused-ring (bicyclic) bond motifs is 1. The Bertz CT molecular complexity index is 87.9. The average molecular weight is 129 g/mol. The molecule has 1 nitrogen and oxygen atoms in total. The first-order chi connectivity index (χ1) is 3.93. The van der Waals surface area contributed by atoms with E-state index in [1.165, 1.54) is 13.1 Å². The third-order valence-electron chi connectivity index (χ3n) is 2.48. The van der Waals surface area contributed by atoms with E-state index in [0.717, 1.165) is 23.5 Å². The SMILES string of the molecule is SC[C@@H]1[C@H]2CNC[C@@H]12. The highest BCUT2D eigenvalue weighted by Crippen LogP contribution is 2.48. The van der Waals surface area contributed by atoms with E-state index in [4.69, 9.17) is 0 Å². The van der Waals surface area contributed by atoms with Crippen LogP contribution in [-0.4, -0.2) is 18.8 Å². The van der Waals surface area contributed by atoms with E-state index in [2.05, 4.69) is 17.9 Å². The monoisotopic (exact) mass is 129 g/mol. The normalized spacial score (nSPS) is 51.4. The number of thiol groups is 1. The molecule has 1 saturated heterocycles. The van der Waals surface area contributed by atoms with Gasteiger partial charge in [-0.1, -0.05) is 0 Å². The van der Waals surface area contributed by atoms with Crippen molar-refractivity contribution in [1.29, 1.82) is 0 Å². The minimum atomic E-state index is 0.972. The van der Waals surface area contributed by atoms with Crippen LogP contribution in [0.3, 0.4) is 0 Å². The summed E-state index contributed by atoms with van der Waals surface area (Å²) in [6, 6.07) is 0. The Balaban J connectivity index is 1.94. The van der Waals surface area contributed by atoms with Crippen molar-refractivity contribution < 1.29 is 0 Å². The summed E-state index contributed by atoms with van der Waals surface area (Å²) in [7, 11) is 0. The molecule has 3 atom stereocenters. The van der Waals surface area contributed by atoms with Crippen LogP contribution in [0.1, 0.15) is 0 Å². The molecule has 0 spiro atoms. The Morgan fingerprint density at radius 3 is 2.38 bits per heavy atom. The van der Waals surface area contributed by atoms with Gasteiger partial charge in [-0.05, 0) is 36.6 Å². The molecule has 1 aliphatic heterocycles. The molecule has 2 aliphatic rings. The van der Waals surface area contributed by atoms with Crippen LogP contribution in [0, 0.1) is 17.8 Å². The number of hydrogen-bond acceptors (Lipinski definition) is 2. The van der Waals surface area contributed by atoms with E-state index in [1.54, 1.807) is 0 Å². The second-order valence-electron chi connectivity index (χ2n) is 2.83. The molecule has 0 bridgehead atoms. The maximum atomic E-state index is 4.26. The Kier molecular flexibility index (Phi) is 1.05. The summed E-state index contributed by atoms with van der Waals surface area (Å²) in [5, 5.41) is 3.35. The molecule has 0 aromatic heterocycles. The van der Waals surface area contributed by atoms with Gasteiger partial charge < -0.3 is 5.32 Å². The van der Waals surface area contributed by atoms with E-state index in [9.17, 15) is 0 Å². The van der Waals surface area contributed by atoms with Gasteiger partial charge in [-0.2, -0.15) is 12.6 Å². The van der Waals surface area contributed by atoms with Gasteiger partial charge in [0.25, 0.3) is 0 Å². The maximum absolute atomic E-state index is 4.26. The van der Waals surface area contributed by atoms with Gasteiger partial charge in [0.2, 0.25) is 0 Å². The Morgan fingerprint density at radius 1 is 1.38 bits per heavy atom. The molecule has 0 unspecified atom stereocenters. The molecular weight excluding hydrogens is 118 g/mol. The van der Waals surface area contributed by atoms with Crippen molar-refractivity contribution >= 4 is 12.6 Å². The van der Waals surface area contributed by atoms with Crippen molar-refractivity contribution in [3.63, 3.8) is 0 Å². The number of piperidine rings is 1. The van der Waals surface area contributed by atoms with Gasteiger partial charge in [-0.25, -0.2) is 0 Å². The van der Waals surface area contributed by atoms with Crippen LogP contribution < -0.4 is 5.32 Å². The molecule has 2 fully saturated rings. The van der Waals surface area contributed by atoms with Crippen LogP contribution in [-0.2, 0) is 0 Å². The molecular formula is C6H11NS. The molecule has 1 heterocycles. The van der Waals surface area contributed by atoms with Gasteiger partial charge in [0, 0.05) is 0 Å². The molecule has 0 aromatic carbocycles. The summed E-state index contributed by atoms with van der Waals surface area (Å²) in [5.74, 6) is 4.09. The first-order valence-corrected chi connectivity index (χ1v) is 3.88.